The van der Waals surface area contributed by atoms with Gasteiger partial charge >= 0.3 is 5.69 Å². The first-order chi connectivity index (χ1) is 7.70. The zero-order chi connectivity index (χ0) is 12.0. The summed E-state index contributed by atoms with van der Waals surface area (Å²) in [5.41, 5.74) is 1.04. The molecule has 0 unspecified atom stereocenters. The molecular weight excluding hydrogens is 210 g/mol. The highest BCUT2D eigenvalue weighted by atomic mass is 16.6. The summed E-state index contributed by atoms with van der Waals surface area (Å²) in [4.78, 5) is 10.5. The van der Waals surface area contributed by atoms with Gasteiger partial charge in [-0.05, 0) is 12.1 Å². The molecule has 0 spiro atoms. The molecule has 0 aliphatic heterocycles. The van der Waals surface area contributed by atoms with Crippen LogP contribution in [0.3, 0.4) is 0 Å². The third-order valence-corrected chi connectivity index (χ3v) is 2.11. The maximum absolute atomic E-state index is 10.9. The molecule has 16 heavy (non-hydrogen) atoms. The van der Waals surface area contributed by atoms with Gasteiger partial charge < -0.3 is 15.4 Å². The third kappa shape index (κ3) is 2.83. The van der Waals surface area contributed by atoms with Gasteiger partial charge in [-0.25, -0.2) is 0 Å². The van der Waals surface area contributed by atoms with Crippen LogP contribution in [0.2, 0.25) is 0 Å². The van der Waals surface area contributed by atoms with Gasteiger partial charge in [-0.15, -0.1) is 0 Å². The minimum Gasteiger partial charge on any atom is -0.383 e. The average molecular weight is 225 g/mol. The summed E-state index contributed by atoms with van der Waals surface area (Å²) < 4.78 is 4.87. The predicted octanol–water partition coefficient (Wildman–Crippen LogP) is 1.69. The van der Waals surface area contributed by atoms with Crippen LogP contribution in [0.4, 0.5) is 17.1 Å². The molecule has 6 heteroatoms. The number of ether oxygens (including phenoxy) is 1. The largest absolute Gasteiger partial charge is 0.383 e. The Bertz CT molecular complexity index is 368. The molecule has 0 aromatic heterocycles. The molecule has 0 aliphatic rings. The van der Waals surface area contributed by atoms with Crippen molar-refractivity contribution in [1.29, 1.82) is 0 Å². The smallest absolute Gasteiger partial charge is 0.315 e. The molecule has 0 amide bonds. The number of nitrogens with zero attached hydrogens (tertiary/aromatic N) is 1. The Hall–Kier alpha value is -1.82. The minimum absolute atomic E-state index is 0.0566. The van der Waals surface area contributed by atoms with E-state index in [1.54, 1.807) is 32.4 Å². The maximum atomic E-state index is 10.9. The highest BCUT2D eigenvalue weighted by molar-refractivity contribution is 5.75. The van der Waals surface area contributed by atoms with Crippen molar-refractivity contribution in [3.8, 4) is 0 Å². The number of benzene rings is 1. The average Bonchev–Trinajstić information content (AvgIpc) is 2.28. The van der Waals surface area contributed by atoms with Crippen molar-refractivity contribution < 1.29 is 9.66 Å². The second-order valence-corrected chi connectivity index (χ2v) is 3.13. The van der Waals surface area contributed by atoms with Crippen LogP contribution in [0.5, 0.6) is 0 Å². The Balaban J connectivity index is 2.93. The number of rotatable bonds is 6. The molecule has 1 rings (SSSR count). The lowest BCUT2D eigenvalue weighted by Gasteiger charge is -2.09. The van der Waals surface area contributed by atoms with E-state index < -0.39 is 4.92 Å². The SMILES string of the molecule is CNc1cccc(NCCOC)c1[N+](=O)[O-]. The monoisotopic (exact) mass is 225 g/mol. The van der Waals surface area contributed by atoms with E-state index in [1.165, 1.54) is 0 Å². The summed E-state index contributed by atoms with van der Waals surface area (Å²) in [6.45, 7) is 1.03. The number of hydrogen-bond acceptors (Lipinski definition) is 5. The number of nitrogens with one attached hydrogen (secondary N) is 2. The molecule has 0 atom stereocenters. The first-order valence-electron chi connectivity index (χ1n) is 4.88. The van der Waals surface area contributed by atoms with E-state index in [-0.39, 0.29) is 5.69 Å². The molecule has 0 bridgehead atoms. The zero-order valence-corrected chi connectivity index (χ0v) is 9.32. The van der Waals surface area contributed by atoms with Crippen LogP contribution in [-0.2, 0) is 4.74 Å². The Morgan fingerprint density at radius 1 is 1.44 bits per heavy atom. The van der Waals surface area contributed by atoms with Crippen molar-refractivity contribution in [2.75, 3.05) is 37.9 Å². The molecule has 0 radical (unpaired) electrons. The highest BCUT2D eigenvalue weighted by Crippen LogP contribution is 2.32. The van der Waals surface area contributed by atoms with Crippen LogP contribution in [0.1, 0.15) is 0 Å². The van der Waals surface area contributed by atoms with Crippen LogP contribution in [0, 0.1) is 10.1 Å². The Morgan fingerprint density at radius 3 is 2.69 bits per heavy atom. The van der Waals surface area contributed by atoms with Gasteiger partial charge in [-0.1, -0.05) is 6.07 Å². The summed E-state index contributed by atoms with van der Waals surface area (Å²) in [7, 11) is 3.24. The molecule has 0 heterocycles. The van der Waals surface area contributed by atoms with E-state index in [2.05, 4.69) is 10.6 Å². The Kier molecular flexibility index (Phi) is 4.53. The molecular formula is C10H15N3O3. The van der Waals surface area contributed by atoms with E-state index >= 15 is 0 Å². The van der Waals surface area contributed by atoms with Gasteiger partial charge in [-0.2, -0.15) is 0 Å². The fraction of sp³-hybridized carbons (Fsp3) is 0.400. The van der Waals surface area contributed by atoms with Gasteiger partial charge in [0.25, 0.3) is 0 Å². The second-order valence-electron chi connectivity index (χ2n) is 3.13. The maximum Gasteiger partial charge on any atom is 0.315 e. The first-order valence-corrected chi connectivity index (χ1v) is 4.88. The van der Waals surface area contributed by atoms with Gasteiger partial charge in [0.1, 0.15) is 11.4 Å². The molecule has 6 nitrogen and oxygen atoms in total. The fourth-order valence-electron chi connectivity index (χ4n) is 1.37. The second kappa shape index (κ2) is 5.92. The van der Waals surface area contributed by atoms with Crippen molar-refractivity contribution in [1.82, 2.24) is 0 Å². The van der Waals surface area contributed by atoms with Crippen molar-refractivity contribution in [2.45, 2.75) is 0 Å². The van der Waals surface area contributed by atoms with E-state index in [1.807, 2.05) is 0 Å². The number of methoxy groups -OCH3 is 1. The highest BCUT2D eigenvalue weighted by Gasteiger charge is 2.18. The molecule has 0 saturated heterocycles. The third-order valence-electron chi connectivity index (χ3n) is 2.11. The molecule has 0 aliphatic carbocycles. The number of nitro benzene ring substituents is 1. The van der Waals surface area contributed by atoms with E-state index in [0.29, 0.717) is 24.5 Å². The van der Waals surface area contributed by atoms with Crippen LogP contribution in [0.25, 0.3) is 0 Å². The molecule has 0 saturated carbocycles. The molecule has 2 N–H and O–H groups in total. The normalized spacial score (nSPS) is 9.88. The van der Waals surface area contributed by atoms with E-state index in [4.69, 9.17) is 4.74 Å². The Labute approximate surface area is 93.8 Å². The van der Waals surface area contributed by atoms with E-state index in [0.717, 1.165) is 0 Å². The molecule has 1 aromatic rings. The van der Waals surface area contributed by atoms with Gasteiger partial charge in [0, 0.05) is 20.7 Å². The van der Waals surface area contributed by atoms with Gasteiger partial charge in [0.2, 0.25) is 0 Å². The fourth-order valence-corrected chi connectivity index (χ4v) is 1.37. The quantitative estimate of drug-likeness (QED) is 0.437. The van der Waals surface area contributed by atoms with Crippen molar-refractivity contribution >= 4 is 17.1 Å². The lowest BCUT2D eigenvalue weighted by molar-refractivity contribution is -0.383. The lowest BCUT2D eigenvalue weighted by Crippen LogP contribution is -2.10. The van der Waals surface area contributed by atoms with Gasteiger partial charge in [0.15, 0.2) is 0 Å². The van der Waals surface area contributed by atoms with Gasteiger partial charge in [0.05, 0.1) is 11.5 Å². The zero-order valence-electron chi connectivity index (χ0n) is 9.32. The van der Waals surface area contributed by atoms with Crippen LogP contribution in [0.15, 0.2) is 18.2 Å². The molecule has 88 valence electrons. The first kappa shape index (κ1) is 12.3. The minimum atomic E-state index is -0.402. The lowest BCUT2D eigenvalue weighted by atomic mass is 10.2. The predicted molar refractivity (Wildman–Crippen MR) is 63.0 cm³/mol. The standard InChI is InChI=1S/C10H15N3O3/c1-11-8-4-3-5-9(10(8)13(14)15)12-6-7-16-2/h3-5,11-12H,6-7H2,1-2H3. The van der Waals surface area contributed by atoms with Crippen LogP contribution >= 0.6 is 0 Å². The van der Waals surface area contributed by atoms with E-state index in [9.17, 15) is 10.1 Å². The van der Waals surface area contributed by atoms with Crippen molar-refractivity contribution in [3.63, 3.8) is 0 Å². The number of anilines is 2. The van der Waals surface area contributed by atoms with Gasteiger partial charge in [-0.3, -0.25) is 10.1 Å². The molecule has 1 aromatic carbocycles. The number of hydrogen-bond donors (Lipinski definition) is 2. The van der Waals surface area contributed by atoms with Crippen molar-refractivity contribution in [3.05, 3.63) is 28.3 Å². The summed E-state index contributed by atoms with van der Waals surface area (Å²) in [5.74, 6) is 0. The van der Waals surface area contributed by atoms with Crippen LogP contribution < -0.4 is 10.6 Å². The molecule has 0 fully saturated rings. The number of nitro groups is 1. The summed E-state index contributed by atoms with van der Waals surface area (Å²) in [5, 5.41) is 16.7. The number of para-hydroxylation sites is 1. The van der Waals surface area contributed by atoms with Crippen LogP contribution in [-0.4, -0.2) is 32.2 Å². The summed E-state index contributed by atoms with van der Waals surface area (Å²) >= 11 is 0. The van der Waals surface area contributed by atoms with Crippen molar-refractivity contribution in [2.24, 2.45) is 0 Å². The summed E-state index contributed by atoms with van der Waals surface area (Å²) in [6, 6.07) is 5.10. The summed E-state index contributed by atoms with van der Waals surface area (Å²) in [6.07, 6.45) is 0. The Morgan fingerprint density at radius 2 is 2.12 bits per heavy atom. The topological polar surface area (TPSA) is 76.4 Å².